The Morgan fingerprint density at radius 2 is 1.68 bits per heavy atom. The van der Waals surface area contributed by atoms with E-state index in [-0.39, 0.29) is 11.3 Å². The molecule has 204 valence electrons. The Kier molecular flexibility index (Phi) is 8.19. The van der Waals surface area contributed by atoms with Crippen LogP contribution in [0.3, 0.4) is 0 Å². The van der Waals surface area contributed by atoms with Gasteiger partial charge in [0.15, 0.2) is 0 Å². The molecule has 3 aliphatic heterocycles. The van der Waals surface area contributed by atoms with Crippen LogP contribution in [0.5, 0.6) is 5.75 Å². The fraction of sp³-hybridized carbons (Fsp3) is 0.533. The molecule has 0 aromatic heterocycles. The number of hydrogen-bond acceptors (Lipinski definition) is 7. The minimum atomic E-state index is -0.640. The number of hydrogen-bond donors (Lipinski definition) is 0. The Balaban J connectivity index is 1.18. The maximum Gasteiger partial charge on any atom is 0.527 e. The summed E-state index contributed by atoms with van der Waals surface area (Å²) >= 11 is 0. The summed E-state index contributed by atoms with van der Waals surface area (Å²) in [5, 5.41) is 1.75. The number of benzene rings is 2. The van der Waals surface area contributed by atoms with Crippen molar-refractivity contribution in [3.63, 3.8) is 0 Å². The van der Waals surface area contributed by atoms with Gasteiger partial charge < -0.3 is 24.1 Å². The lowest BCUT2D eigenvalue weighted by Crippen LogP contribution is -2.46. The highest BCUT2D eigenvalue weighted by Gasteiger charge is 2.48. The number of rotatable bonds is 8. The van der Waals surface area contributed by atoms with Gasteiger partial charge in [-0.25, -0.2) is 4.79 Å². The number of carbonyl (C=O) groups is 2. The number of hydroxylamine groups is 2. The number of methoxy groups -OCH3 is 1. The molecule has 1 spiro atoms. The predicted molar refractivity (Wildman–Crippen MR) is 143 cm³/mol. The minimum Gasteiger partial charge on any atom is -0.497 e. The first-order valence-electron chi connectivity index (χ1n) is 13.8. The first kappa shape index (κ1) is 26.5. The third-order valence-corrected chi connectivity index (χ3v) is 8.54. The van der Waals surface area contributed by atoms with Crippen molar-refractivity contribution in [1.82, 2.24) is 14.9 Å². The predicted octanol–water partition coefficient (Wildman–Crippen LogP) is 4.31. The number of nitrogens with zero attached hydrogens (tertiary/aromatic N) is 3. The van der Waals surface area contributed by atoms with Gasteiger partial charge in [-0.05, 0) is 68.5 Å². The maximum absolute atomic E-state index is 13.5. The molecule has 8 heteroatoms. The van der Waals surface area contributed by atoms with Gasteiger partial charge >= 0.3 is 6.16 Å². The molecule has 0 bridgehead atoms. The lowest BCUT2D eigenvalue weighted by molar-refractivity contribution is -0.139. The lowest BCUT2D eigenvalue weighted by Gasteiger charge is -2.39. The summed E-state index contributed by atoms with van der Waals surface area (Å²) in [6.45, 7) is 7.63. The van der Waals surface area contributed by atoms with Gasteiger partial charge in [-0.15, -0.1) is 5.06 Å². The van der Waals surface area contributed by atoms with Crippen LogP contribution in [-0.4, -0.2) is 79.9 Å². The zero-order valence-corrected chi connectivity index (χ0v) is 22.5. The van der Waals surface area contributed by atoms with Crippen LogP contribution in [0.1, 0.15) is 43.2 Å². The van der Waals surface area contributed by atoms with Gasteiger partial charge in [0.2, 0.25) is 5.91 Å². The number of ether oxygens (including phenoxy) is 2. The molecule has 0 saturated carbocycles. The van der Waals surface area contributed by atoms with Crippen molar-refractivity contribution in [3.05, 3.63) is 65.7 Å². The number of carbonyl (C=O) groups excluding carboxylic acids is 2. The maximum atomic E-state index is 13.5. The average molecular weight is 522 g/mol. The molecule has 0 aliphatic carbocycles. The molecule has 5 rings (SSSR count). The zero-order chi connectivity index (χ0) is 26.5. The van der Waals surface area contributed by atoms with E-state index in [2.05, 4.69) is 29.2 Å². The average Bonchev–Trinajstić information content (AvgIpc) is 3.47. The summed E-state index contributed by atoms with van der Waals surface area (Å²) in [5.74, 6) is 1.74. The summed E-state index contributed by atoms with van der Waals surface area (Å²) in [7, 11) is 1.66. The summed E-state index contributed by atoms with van der Waals surface area (Å²) in [5.41, 5.74) is 2.17. The van der Waals surface area contributed by atoms with E-state index in [1.54, 1.807) is 19.1 Å². The normalized spacial score (nSPS) is 23.6. The molecule has 3 saturated heterocycles. The molecule has 3 aliphatic rings. The summed E-state index contributed by atoms with van der Waals surface area (Å²) in [6.07, 6.45) is 2.10. The highest BCUT2D eigenvalue weighted by Crippen LogP contribution is 2.43. The van der Waals surface area contributed by atoms with Gasteiger partial charge in [0.05, 0.1) is 19.1 Å². The highest BCUT2D eigenvalue weighted by atomic mass is 16.8. The Morgan fingerprint density at radius 3 is 2.37 bits per heavy atom. The molecular formula is C30H39N3O5. The van der Waals surface area contributed by atoms with Crippen LogP contribution in [-0.2, 0) is 20.9 Å². The van der Waals surface area contributed by atoms with Gasteiger partial charge in [-0.1, -0.05) is 42.5 Å². The van der Waals surface area contributed by atoms with Crippen LogP contribution in [0.25, 0.3) is 0 Å². The number of piperidine rings is 1. The van der Waals surface area contributed by atoms with Crippen molar-refractivity contribution < 1.29 is 23.9 Å². The molecule has 8 nitrogen and oxygen atoms in total. The van der Waals surface area contributed by atoms with Crippen molar-refractivity contribution in [3.8, 4) is 5.75 Å². The second-order valence-corrected chi connectivity index (χ2v) is 10.8. The SMILES string of the molecule is CCOC(=O)ON1C[C@H](CN2CCC3(CC2)CCN(Cc2ccc(OC)cc2)C3=O)[C@@H](c2ccccc2)C1. The fourth-order valence-electron chi connectivity index (χ4n) is 6.37. The van der Waals surface area contributed by atoms with E-state index in [9.17, 15) is 9.59 Å². The molecular weight excluding hydrogens is 482 g/mol. The van der Waals surface area contributed by atoms with E-state index in [4.69, 9.17) is 14.3 Å². The van der Waals surface area contributed by atoms with Gasteiger partial charge in [-0.3, -0.25) is 4.79 Å². The molecule has 1 amide bonds. The van der Waals surface area contributed by atoms with E-state index < -0.39 is 6.16 Å². The van der Waals surface area contributed by atoms with Gasteiger partial charge in [0.25, 0.3) is 0 Å². The van der Waals surface area contributed by atoms with Crippen LogP contribution >= 0.6 is 0 Å². The lowest BCUT2D eigenvalue weighted by atomic mass is 9.76. The van der Waals surface area contributed by atoms with E-state index >= 15 is 0 Å². The van der Waals surface area contributed by atoms with Crippen molar-refractivity contribution in [2.75, 3.05) is 53.0 Å². The quantitative estimate of drug-likeness (QED) is 0.480. The Morgan fingerprint density at radius 1 is 0.974 bits per heavy atom. The van der Waals surface area contributed by atoms with Gasteiger partial charge in [0, 0.05) is 38.6 Å². The minimum absolute atomic E-state index is 0.226. The number of likely N-dealkylation sites (tertiary alicyclic amines) is 2. The molecule has 2 aromatic rings. The van der Waals surface area contributed by atoms with Crippen molar-refractivity contribution >= 4 is 12.1 Å². The van der Waals surface area contributed by atoms with Crippen LogP contribution in [0.2, 0.25) is 0 Å². The van der Waals surface area contributed by atoms with Crippen molar-refractivity contribution in [2.45, 2.75) is 38.6 Å². The molecule has 3 heterocycles. The Labute approximate surface area is 225 Å². The van der Waals surface area contributed by atoms with E-state index in [1.807, 2.05) is 35.2 Å². The monoisotopic (exact) mass is 521 g/mol. The topological polar surface area (TPSA) is 71.6 Å². The smallest absolute Gasteiger partial charge is 0.497 e. The van der Waals surface area contributed by atoms with Crippen molar-refractivity contribution in [2.24, 2.45) is 11.3 Å². The summed E-state index contributed by atoms with van der Waals surface area (Å²) in [4.78, 5) is 35.5. The molecule has 0 unspecified atom stereocenters. The third kappa shape index (κ3) is 5.81. The molecule has 3 fully saturated rings. The van der Waals surface area contributed by atoms with Gasteiger partial charge in [0.1, 0.15) is 5.75 Å². The standard InChI is InChI=1S/C30H39N3O5/c1-3-37-29(35)38-33-21-25(27(22-33)24-7-5-4-6-8-24)20-31-16-13-30(14-17-31)15-18-32(28(30)34)19-23-9-11-26(36-2)12-10-23/h4-12,25,27H,3,13-22H2,1-2H3/t25-,27+/m0/s1. The molecule has 0 radical (unpaired) electrons. The second-order valence-electron chi connectivity index (χ2n) is 10.8. The van der Waals surface area contributed by atoms with E-state index in [0.29, 0.717) is 38.1 Å². The molecule has 38 heavy (non-hydrogen) atoms. The van der Waals surface area contributed by atoms with Crippen LogP contribution in [0.15, 0.2) is 54.6 Å². The van der Waals surface area contributed by atoms with Crippen LogP contribution in [0, 0.1) is 11.3 Å². The third-order valence-electron chi connectivity index (χ3n) is 8.54. The second kappa shape index (κ2) is 11.7. The first-order valence-corrected chi connectivity index (χ1v) is 13.8. The van der Waals surface area contributed by atoms with Gasteiger partial charge in [-0.2, -0.15) is 0 Å². The molecule has 0 N–H and O–H groups in total. The molecule has 2 aromatic carbocycles. The van der Waals surface area contributed by atoms with Crippen LogP contribution < -0.4 is 4.74 Å². The fourth-order valence-corrected chi connectivity index (χ4v) is 6.37. The van der Waals surface area contributed by atoms with E-state index in [0.717, 1.165) is 56.8 Å². The molecule has 2 atom stereocenters. The summed E-state index contributed by atoms with van der Waals surface area (Å²) in [6, 6.07) is 18.5. The summed E-state index contributed by atoms with van der Waals surface area (Å²) < 4.78 is 10.3. The highest BCUT2D eigenvalue weighted by molar-refractivity contribution is 5.85. The van der Waals surface area contributed by atoms with Crippen LogP contribution in [0.4, 0.5) is 4.79 Å². The number of amides is 1. The van der Waals surface area contributed by atoms with E-state index in [1.165, 1.54) is 5.56 Å². The van der Waals surface area contributed by atoms with Crippen molar-refractivity contribution in [1.29, 1.82) is 0 Å². The Hall–Kier alpha value is -3.10. The zero-order valence-electron chi connectivity index (χ0n) is 22.5. The largest absolute Gasteiger partial charge is 0.527 e. The Bertz CT molecular complexity index is 1080. The first-order chi connectivity index (χ1) is 18.5.